The van der Waals surface area contributed by atoms with Crippen molar-refractivity contribution in [3.63, 3.8) is 0 Å². The van der Waals surface area contributed by atoms with E-state index in [1.807, 2.05) is 25.1 Å². The van der Waals surface area contributed by atoms with Crippen molar-refractivity contribution in [2.24, 2.45) is 0 Å². The molecule has 4 rings (SSSR count). The zero-order valence-corrected chi connectivity index (χ0v) is 16.0. The van der Waals surface area contributed by atoms with Crippen LogP contribution in [0, 0.1) is 6.92 Å². The van der Waals surface area contributed by atoms with E-state index in [-0.39, 0.29) is 12.0 Å². The van der Waals surface area contributed by atoms with E-state index >= 15 is 0 Å². The topological polar surface area (TPSA) is 82.7 Å². The second-order valence-corrected chi connectivity index (χ2v) is 7.14. The first-order valence-electron chi connectivity index (χ1n) is 9.16. The molecule has 1 fully saturated rings. The minimum absolute atomic E-state index is 0.106. The fraction of sp³-hybridized carbons (Fsp3) is 0.474. The Kier molecular flexibility index (Phi) is 5.22. The molecular formula is C19H23ClN4O3. The fourth-order valence-corrected chi connectivity index (χ4v) is 3.77. The van der Waals surface area contributed by atoms with Crippen molar-refractivity contribution in [3.8, 4) is 11.5 Å². The highest BCUT2D eigenvalue weighted by Crippen LogP contribution is 2.40. The second-order valence-electron chi connectivity index (χ2n) is 6.73. The van der Waals surface area contributed by atoms with Crippen molar-refractivity contribution >= 4 is 23.4 Å². The summed E-state index contributed by atoms with van der Waals surface area (Å²) in [5, 5.41) is 0.624. The Balaban J connectivity index is 1.76. The van der Waals surface area contributed by atoms with Gasteiger partial charge in [-0.25, -0.2) is 4.98 Å². The molecule has 0 spiro atoms. The van der Waals surface area contributed by atoms with Gasteiger partial charge >= 0.3 is 0 Å². The average molecular weight is 391 g/mol. The molecule has 0 amide bonds. The van der Waals surface area contributed by atoms with Gasteiger partial charge in [0.1, 0.15) is 5.82 Å². The highest BCUT2D eigenvalue weighted by molar-refractivity contribution is 6.31. The Morgan fingerprint density at radius 1 is 1.07 bits per heavy atom. The van der Waals surface area contributed by atoms with Crippen LogP contribution < -0.4 is 20.1 Å². The van der Waals surface area contributed by atoms with Gasteiger partial charge in [0.15, 0.2) is 11.5 Å². The van der Waals surface area contributed by atoms with Crippen LogP contribution in [0.2, 0.25) is 5.02 Å². The minimum atomic E-state index is -0.106. The number of ether oxygens (including phenoxy) is 3. The first-order chi connectivity index (χ1) is 13.1. The van der Waals surface area contributed by atoms with E-state index in [1.54, 1.807) is 0 Å². The molecule has 7 nitrogen and oxygen atoms in total. The number of anilines is 2. The highest BCUT2D eigenvalue weighted by Gasteiger charge is 2.28. The quantitative estimate of drug-likeness (QED) is 0.843. The summed E-state index contributed by atoms with van der Waals surface area (Å²) in [6.45, 7) is 5.13. The fourth-order valence-electron chi connectivity index (χ4n) is 3.49. The maximum Gasteiger partial charge on any atom is 0.222 e. The van der Waals surface area contributed by atoms with Crippen LogP contribution >= 0.6 is 11.6 Å². The molecule has 144 valence electrons. The standard InChI is InChI=1S/C19H23ClN4O3/c1-12-8-18(23-19(21)22-12)24-4-2-5-25-11-15(24)13-9-16-17(10-14(13)20)27-7-3-6-26-16/h8-10,15H,2-7,11H2,1H3,(H2,21,22,23). The van der Waals surface area contributed by atoms with Gasteiger partial charge in [-0.1, -0.05) is 11.6 Å². The molecule has 0 bridgehead atoms. The van der Waals surface area contributed by atoms with E-state index in [4.69, 9.17) is 31.5 Å². The van der Waals surface area contributed by atoms with E-state index in [2.05, 4.69) is 14.9 Å². The van der Waals surface area contributed by atoms with Gasteiger partial charge in [0, 0.05) is 42.4 Å². The summed E-state index contributed by atoms with van der Waals surface area (Å²) in [4.78, 5) is 10.8. The van der Waals surface area contributed by atoms with Crippen LogP contribution in [-0.2, 0) is 4.74 Å². The molecule has 2 aliphatic heterocycles. The predicted molar refractivity (Wildman–Crippen MR) is 104 cm³/mol. The minimum Gasteiger partial charge on any atom is -0.490 e. The lowest BCUT2D eigenvalue weighted by Gasteiger charge is -2.31. The summed E-state index contributed by atoms with van der Waals surface area (Å²) in [6.07, 6.45) is 1.74. The van der Waals surface area contributed by atoms with E-state index in [9.17, 15) is 0 Å². The predicted octanol–water partition coefficient (Wildman–Crippen LogP) is 3.15. The Bertz CT molecular complexity index is 813. The summed E-state index contributed by atoms with van der Waals surface area (Å²) in [7, 11) is 0. The van der Waals surface area contributed by atoms with Crippen molar-refractivity contribution in [2.45, 2.75) is 25.8 Å². The van der Waals surface area contributed by atoms with Gasteiger partial charge in [-0.3, -0.25) is 0 Å². The lowest BCUT2D eigenvalue weighted by molar-refractivity contribution is 0.134. The zero-order chi connectivity index (χ0) is 18.8. The molecule has 1 aromatic carbocycles. The van der Waals surface area contributed by atoms with Gasteiger partial charge in [-0.2, -0.15) is 4.98 Å². The molecule has 2 N–H and O–H groups in total. The number of hydrogen-bond acceptors (Lipinski definition) is 7. The van der Waals surface area contributed by atoms with E-state index in [0.717, 1.165) is 42.2 Å². The number of nitrogens with two attached hydrogens (primary N) is 1. The Labute approximate surface area is 163 Å². The summed E-state index contributed by atoms with van der Waals surface area (Å²) < 4.78 is 17.5. The van der Waals surface area contributed by atoms with Crippen LogP contribution in [0.5, 0.6) is 11.5 Å². The van der Waals surface area contributed by atoms with Gasteiger partial charge in [-0.05, 0) is 25.0 Å². The van der Waals surface area contributed by atoms with Crippen molar-refractivity contribution in [1.29, 1.82) is 0 Å². The van der Waals surface area contributed by atoms with Crippen LogP contribution in [0.1, 0.15) is 30.1 Å². The molecule has 0 aliphatic carbocycles. The smallest absolute Gasteiger partial charge is 0.222 e. The van der Waals surface area contributed by atoms with Crippen LogP contribution in [0.15, 0.2) is 18.2 Å². The summed E-state index contributed by atoms with van der Waals surface area (Å²) in [6, 6.07) is 5.63. The first-order valence-corrected chi connectivity index (χ1v) is 9.54. The molecule has 1 saturated heterocycles. The molecule has 1 aromatic heterocycles. The summed E-state index contributed by atoms with van der Waals surface area (Å²) in [5.41, 5.74) is 7.64. The van der Waals surface area contributed by atoms with E-state index < -0.39 is 0 Å². The Morgan fingerprint density at radius 2 is 1.85 bits per heavy atom. The number of hydrogen-bond donors (Lipinski definition) is 1. The Morgan fingerprint density at radius 3 is 2.63 bits per heavy atom. The van der Waals surface area contributed by atoms with Crippen molar-refractivity contribution in [1.82, 2.24) is 9.97 Å². The molecule has 1 atom stereocenters. The molecule has 27 heavy (non-hydrogen) atoms. The highest BCUT2D eigenvalue weighted by atomic mass is 35.5. The van der Waals surface area contributed by atoms with Crippen LogP contribution in [0.4, 0.5) is 11.8 Å². The van der Waals surface area contributed by atoms with Gasteiger partial charge in [0.2, 0.25) is 5.95 Å². The SMILES string of the molecule is Cc1cc(N2CCCOCC2c2cc3c(cc2Cl)OCCCO3)nc(N)n1. The zero-order valence-electron chi connectivity index (χ0n) is 15.3. The van der Waals surface area contributed by atoms with Gasteiger partial charge < -0.3 is 24.8 Å². The lowest BCUT2D eigenvalue weighted by atomic mass is 10.0. The number of nitrogen functional groups attached to an aromatic ring is 1. The molecule has 0 saturated carbocycles. The van der Waals surface area contributed by atoms with Crippen molar-refractivity contribution < 1.29 is 14.2 Å². The second kappa shape index (κ2) is 7.78. The van der Waals surface area contributed by atoms with Gasteiger partial charge in [0.05, 0.1) is 25.9 Å². The van der Waals surface area contributed by atoms with E-state index in [1.165, 1.54) is 0 Å². The number of nitrogens with zero attached hydrogens (tertiary/aromatic N) is 3. The van der Waals surface area contributed by atoms with Crippen LogP contribution in [0.3, 0.4) is 0 Å². The molecule has 8 heteroatoms. The molecule has 0 radical (unpaired) electrons. The van der Waals surface area contributed by atoms with Gasteiger partial charge in [-0.15, -0.1) is 0 Å². The number of aryl methyl sites for hydroxylation is 1. The largest absolute Gasteiger partial charge is 0.490 e. The third-order valence-corrected chi connectivity index (χ3v) is 5.05. The summed E-state index contributed by atoms with van der Waals surface area (Å²) >= 11 is 6.64. The maximum absolute atomic E-state index is 6.64. The normalized spacial score (nSPS) is 20.1. The monoisotopic (exact) mass is 390 g/mol. The molecule has 2 aliphatic rings. The third kappa shape index (κ3) is 3.89. The number of fused-ring (bicyclic) bond motifs is 1. The molecular weight excluding hydrogens is 368 g/mol. The van der Waals surface area contributed by atoms with Crippen LogP contribution in [-0.4, -0.2) is 42.9 Å². The third-order valence-electron chi connectivity index (χ3n) is 4.72. The first kappa shape index (κ1) is 18.1. The lowest BCUT2D eigenvalue weighted by Crippen LogP contribution is -2.32. The van der Waals surface area contributed by atoms with Crippen molar-refractivity contribution in [2.75, 3.05) is 43.6 Å². The van der Waals surface area contributed by atoms with Crippen molar-refractivity contribution in [3.05, 3.63) is 34.5 Å². The van der Waals surface area contributed by atoms with E-state index in [0.29, 0.717) is 37.2 Å². The number of rotatable bonds is 2. The number of halogens is 1. The maximum atomic E-state index is 6.64. The van der Waals surface area contributed by atoms with Gasteiger partial charge in [0.25, 0.3) is 0 Å². The summed E-state index contributed by atoms with van der Waals surface area (Å²) in [5.74, 6) is 2.44. The van der Waals surface area contributed by atoms with Crippen LogP contribution in [0.25, 0.3) is 0 Å². The number of aromatic nitrogens is 2. The Hall–Kier alpha value is -2.25. The number of benzene rings is 1. The molecule has 1 unspecified atom stereocenters. The molecule has 3 heterocycles. The average Bonchev–Trinajstić information content (AvgIpc) is 3.00. The molecule has 2 aromatic rings.